The van der Waals surface area contributed by atoms with Gasteiger partial charge in [0.2, 0.25) is 0 Å². The number of nitrogens with zero attached hydrogens (tertiary/aromatic N) is 2. The van der Waals surface area contributed by atoms with Gasteiger partial charge in [-0.1, -0.05) is 19.1 Å². The molecule has 1 N–H and O–H groups in total. The lowest BCUT2D eigenvalue weighted by Gasteiger charge is -2.22. The predicted octanol–water partition coefficient (Wildman–Crippen LogP) is 2.60. The Balaban J connectivity index is 2.10. The number of hydrogen-bond donors (Lipinski definition) is 1. The summed E-state index contributed by atoms with van der Waals surface area (Å²) in [4.78, 5) is 4.88. The van der Waals surface area contributed by atoms with Gasteiger partial charge < -0.3 is 9.88 Å². The smallest absolute Gasteiger partial charge is 0.112 e. The van der Waals surface area contributed by atoms with Gasteiger partial charge in [-0.2, -0.15) is 0 Å². The van der Waals surface area contributed by atoms with Crippen molar-refractivity contribution in [3.63, 3.8) is 0 Å². The number of aryl methyl sites for hydroxylation is 2. The second-order valence-corrected chi connectivity index (χ2v) is 5.19. The molecule has 2 heterocycles. The zero-order valence-corrected chi connectivity index (χ0v) is 11.2. The summed E-state index contributed by atoms with van der Waals surface area (Å²) in [6, 6.07) is 6.48. The molecule has 0 spiro atoms. The third-order valence-corrected chi connectivity index (χ3v) is 4.10. The molecule has 96 valence electrons. The van der Waals surface area contributed by atoms with Gasteiger partial charge in [0.05, 0.1) is 11.0 Å². The lowest BCUT2D eigenvalue weighted by molar-refractivity contribution is 0.438. The SMILES string of the molecule is CCc1cccc2nc(C3CCNCC3)n(C)c12. The van der Waals surface area contributed by atoms with Crippen molar-refractivity contribution >= 4 is 11.0 Å². The molecule has 18 heavy (non-hydrogen) atoms. The van der Waals surface area contributed by atoms with Crippen molar-refractivity contribution in [1.82, 2.24) is 14.9 Å². The second kappa shape index (κ2) is 4.73. The number of imidazole rings is 1. The highest BCUT2D eigenvalue weighted by molar-refractivity contribution is 5.79. The number of benzene rings is 1. The first kappa shape index (κ1) is 11.7. The summed E-state index contributed by atoms with van der Waals surface area (Å²) in [5.41, 5.74) is 3.89. The van der Waals surface area contributed by atoms with Crippen LogP contribution in [-0.2, 0) is 13.5 Å². The molecule has 0 bridgehead atoms. The van der Waals surface area contributed by atoms with Crippen molar-refractivity contribution in [1.29, 1.82) is 0 Å². The van der Waals surface area contributed by atoms with Gasteiger partial charge in [0.25, 0.3) is 0 Å². The molecule has 2 aromatic rings. The highest BCUT2D eigenvalue weighted by atomic mass is 15.1. The van der Waals surface area contributed by atoms with Crippen molar-refractivity contribution < 1.29 is 0 Å². The lowest BCUT2D eigenvalue weighted by atomic mass is 9.97. The fourth-order valence-electron chi connectivity index (χ4n) is 3.10. The van der Waals surface area contributed by atoms with E-state index in [4.69, 9.17) is 4.98 Å². The van der Waals surface area contributed by atoms with Crippen molar-refractivity contribution in [2.75, 3.05) is 13.1 Å². The van der Waals surface area contributed by atoms with Crippen LogP contribution in [0.25, 0.3) is 11.0 Å². The van der Waals surface area contributed by atoms with Crippen LogP contribution in [0.4, 0.5) is 0 Å². The van der Waals surface area contributed by atoms with Gasteiger partial charge >= 0.3 is 0 Å². The molecular weight excluding hydrogens is 222 g/mol. The van der Waals surface area contributed by atoms with E-state index in [2.05, 4.69) is 42.1 Å². The Morgan fingerprint density at radius 2 is 2.11 bits per heavy atom. The predicted molar refractivity (Wildman–Crippen MR) is 74.9 cm³/mol. The summed E-state index contributed by atoms with van der Waals surface area (Å²) in [6.45, 7) is 4.45. The molecule has 0 aliphatic carbocycles. The van der Waals surface area contributed by atoms with Crippen LogP contribution in [0.15, 0.2) is 18.2 Å². The van der Waals surface area contributed by atoms with E-state index in [9.17, 15) is 0 Å². The Bertz CT molecular complexity index is 550. The van der Waals surface area contributed by atoms with E-state index >= 15 is 0 Å². The number of rotatable bonds is 2. The molecule has 3 heteroatoms. The van der Waals surface area contributed by atoms with Gasteiger partial charge in [-0.05, 0) is 44.0 Å². The molecule has 0 atom stereocenters. The van der Waals surface area contributed by atoms with E-state index in [-0.39, 0.29) is 0 Å². The van der Waals surface area contributed by atoms with Crippen molar-refractivity contribution in [2.45, 2.75) is 32.1 Å². The fraction of sp³-hybridized carbons (Fsp3) is 0.533. The third-order valence-electron chi connectivity index (χ3n) is 4.10. The van der Waals surface area contributed by atoms with Gasteiger partial charge in [0, 0.05) is 13.0 Å². The summed E-state index contributed by atoms with van der Waals surface area (Å²) in [6.07, 6.45) is 3.49. The molecule has 1 fully saturated rings. The molecule has 1 aromatic carbocycles. The van der Waals surface area contributed by atoms with Crippen LogP contribution in [0, 0.1) is 0 Å². The average molecular weight is 243 g/mol. The molecule has 3 rings (SSSR count). The minimum Gasteiger partial charge on any atom is -0.331 e. The lowest BCUT2D eigenvalue weighted by Crippen LogP contribution is -2.27. The van der Waals surface area contributed by atoms with Crippen LogP contribution in [-0.4, -0.2) is 22.6 Å². The van der Waals surface area contributed by atoms with E-state index < -0.39 is 0 Å². The summed E-state index contributed by atoms with van der Waals surface area (Å²) in [7, 11) is 2.17. The Morgan fingerprint density at radius 1 is 1.33 bits per heavy atom. The Hall–Kier alpha value is -1.35. The maximum absolute atomic E-state index is 4.88. The van der Waals surface area contributed by atoms with Crippen LogP contribution in [0.5, 0.6) is 0 Å². The molecule has 3 nitrogen and oxygen atoms in total. The Labute approximate surface area is 108 Å². The normalized spacial score (nSPS) is 17.4. The van der Waals surface area contributed by atoms with E-state index in [0.29, 0.717) is 5.92 Å². The van der Waals surface area contributed by atoms with E-state index in [1.807, 2.05) is 0 Å². The van der Waals surface area contributed by atoms with Crippen LogP contribution >= 0.6 is 0 Å². The van der Waals surface area contributed by atoms with Crippen LogP contribution in [0.1, 0.15) is 37.1 Å². The number of nitrogens with one attached hydrogen (secondary N) is 1. The maximum atomic E-state index is 4.88. The maximum Gasteiger partial charge on any atom is 0.112 e. The highest BCUT2D eigenvalue weighted by Crippen LogP contribution is 2.28. The van der Waals surface area contributed by atoms with E-state index in [1.54, 1.807) is 0 Å². The molecule has 1 saturated heterocycles. The quantitative estimate of drug-likeness (QED) is 0.878. The molecule has 1 aromatic heterocycles. The first-order valence-electron chi connectivity index (χ1n) is 6.96. The molecule has 0 unspecified atom stereocenters. The van der Waals surface area contributed by atoms with E-state index in [1.165, 1.54) is 29.7 Å². The van der Waals surface area contributed by atoms with Crippen molar-refractivity contribution in [2.24, 2.45) is 7.05 Å². The van der Waals surface area contributed by atoms with Gasteiger partial charge in [0.1, 0.15) is 5.82 Å². The minimum absolute atomic E-state index is 0.619. The summed E-state index contributed by atoms with van der Waals surface area (Å²) >= 11 is 0. The summed E-state index contributed by atoms with van der Waals surface area (Å²) in [5, 5.41) is 3.42. The average Bonchev–Trinajstić information content (AvgIpc) is 2.77. The van der Waals surface area contributed by atoms with Crippen LogP contribution < -0.4 is 5.32 Å². The van der Waals surface area contributed by atoms with Crippen LogP contribution in [0.2, 0.25) is 0 Å². The van der Waals surface area contributed by atoms with Gasteiger partial charge in [0.15, 0.2) is 0 Å². The molecule has 1 aliphatic rings. The standard InChI is InChI=1S/C15H21N3/c1-3-11-5-4-6-13-14(11)18(2)15(17-13)12-7-9-16-10-8-12/h4-6,12,16H,3,7-10H2,1-2H3. The van der Waals surface area contributed by atoms with Gasteiger partial charge in [-0.15, -0.1) is 0 Å². The van der Waals surface area contributed by atoms with Crippen LogP contribution in [0.3, 0.4) is 0 Å². The number of aromatic nitrogens is 2. The fourth-order valence-corrected chi connectivity index (χ4v) is 3.10. The molecule has 0 radical (unpaired) electrons. The second-order valence-electron chi connectivity index (χ2n) is 5.19. The van der Waals surface area contributed by atoms with Crippen molar-refractivity contribution in [3.8, 4) is 0 Å². The number of hydrogen-bond acceptors (Lipinski definition) is 2. The monoisotopic (exact) mass is 243 g/mol. The Kier molecular flexibility index (Phi) is 3.08. The van der Waals surface area contributed by atoms with E-state index in [0.717, 1.165) is 25.0 Å². The van der Waals surface area contributed by atoms with Crippen molar-refractivity contribution in [3.05, 3.63) is 29.6 Å². The third kappa shape index (κ3) is 1.83. The zero-order valence-electron chi connectivity index (χ0n) is 11.2. The summed E-state index contributed by atoms with van der Waals surface area (Å²) in [5.74, 6) is 1.89. The highest BCUT2D eigenvalue weighted by Gasteiger charge is 2.21. The number of fused-ring (bicyclic) bond motifs is 1. The molecule has 0 amide bonds. The number of para-hydroxylation sites is 1. The molecule has 0 saturated carbocycles. The Morgan fingerprint density at radius 3 is 2.83 bits per heavy atom. The van der Waals surface area contributed by atoms with Gasteiger partial charge in [-0.25, -0.2) is 4.98 Å². The molecular formula is C15H21N3. The van der Waals surface area contributed by atoms with Gasteiger partial charge in [-0.3, -0.25) is 0 Å². The first-order valence-corrected chi connectivity index (χ1v) is 6.96. The minimum atomic E-state index is 0.619. The topological polar surface area (TPSA) is 29.9 Å². The summed E-state index contributed by atoms with van der Waals surface area (Å²) < 4.78 is 2.32. The zero-order chi connectivity index (χ0) is 12.5. The largest absolute Gasteiger partial charge is 0.331 e. The molecule has 1 aliphatic heterocycles. The number of piperidine rings is 1. The first-order chi connectivity index (χ1) is 8.81.